The summed E-state index contributed by atoms with van der Waals surface area (Å²) in [4.78, 5) is 0. The van der Waals surface area contributed by atoms with E-state index in [-0.39, 0.29) is 6.42 Å². The van der Waals surface area contributed by atoms with Gasteiger partial charge in [0.25, 0.3) is 0 Å². The van der Waals surface area contributed by atoms with Gasteiger partial charge in [0.15, 0.2) is 6.29 Å². The minimum atomic E-state index is -1.54. The van der Waals surface area contributed by atoms with Crippen LogP contribution in [0.4, 0.5) is 0 Å². The highest BCUT2D eigenvalue weighted by Gasteiger charge is 2.49. The smallest absolute Gasteiger partial charge is 0.176 e. The van der Waals surface area contributed by atoms with E-state index in [9.17, 15) is 25.5 Å². The Labute approximate surface area is 138 Å². The Hall–Kier alpha value is -0.440. The summed E-state index contributed by atoms with van der Waals surface area (Å²) in [5, 5.41) is 58.6. The van der Waals surface area contributed by atoms with Gasteiger partial charge < -0.3 is 57.3 Å². The van der Waals surface area contributed by atoms with Crippen LogP contribution in [0.2, 0.25) is 0 Å². The van der Waals surface area contributed by atoms with Crippen LogP contribution in [0.15, 0.2) is 0 Å². The first-order valence-electron chi connectivity index (χ1n) is 7.77. The maximum Gasteiger partial charge on any atom is 0.176 e. The fourth-order valence-corrected chi connectivity index (χ4v) is 3.08. The fraction of sp³-hybridized carbons (Fsp3) is 1.00. The van der Waals surface area contributed by atoms with Crippen molar-refractivity contribution in [1.29, 1.82) is 0 Å². The Bertz CT molecular complexity index is 419. The third-order valence-electron chi connectivity index (χ3n) is 4.64. The van der Waals surface area contributed by atoms with E-state index in [0.29, 0.717) is 0 Å². The molecule has 0 bridgehead atoms. The van der Waals surface area contributed by atoms with E-state index in [1.165, 1.54) is 0 Å². The van der Waals surface area contributed by atoms with Crippen LogP contribution in [0.5, 0.6) is 0 Å². The summed E-state index contributed by atoms with van der Waals surface area (Å²) in [5.74, 6) is 0. The van der Waals surface area contributed by atoms with Gasteiger partial charge in [0.05, 0.1) is 18.8 Å². The predicted molar refractivity (Wildman–Crippen MR) is 79.2 cm³/mol. The van der Waals surface area contributed by atoms with E-state index < -0.39 is 73.8 Å². The van der Waals surface area contributed by atoms with E-state index in [0.717, 1.165) is 0 Å². The summed E-state index contributed by atoms with van der Waals surface area (Å²) in [5.41, 5.74) is 17.3. The second-order valence-corrected chi connectivity index (χ2v) is 6.42. The van der Waals surface area contributed by atoms with Crippen LogP contribution in [0.25, 0.3) is 0 Å². The number of rotatable bonds is 4. The van der Waals surface area contributed by atoms with Gasteiger partial charge >= 0.3 is 0 Å². The van der Waals surface area contributed by atoms with Crippen molar-refractivity contribution in [3.05, 3.63) is 0 Å². The Balaban J connectivity index is 2.12. The van der Waals surface area contributed by atoms with Crippen molar-refractivity contribution in [2.75, 3.05) is 6.61 Å². The summed E-state index contributed by atoms with van der Waals surface area (Å²) in [6, 6.07) is -2.64. The maximum atomic E-state index is 10.1. The number of nitrogens with two attached hydrogens (primary N) is 3. The molecule has 0 aromatic carbocycles. The van der Waals surface area contributed by atoms with Crippen molar-refractivity contribution >= 4 is 0 Å². The van der Waals surface area contributed by atoms with Crippen LogP contribution < -0.4 is 17.2 Å². The molecule has 6 unspecified atom stereocenters. The van der Waals surface area contributed by atoms with E-state index in [1.54, 1.807) is 0 Å². The topological polar surface area (TPSA) is 218 Å². The van der Waals surface area contributed by atoms with Crippen molar-refractivity contribution in [3.8, 4) is 0 Å². The summed E-state index contributed by atoms with van der Waals surface area (Å²) >= 11 is 0. The molecule has 1 heterocycles. The van der Waals surface area contributed by atoms with Gasteiger partial charge in [-0.2, -0.15) is 0 Å². The van der Waals surface area contributed by atoms with Crippen molar-refractivity contribution < 1.29 is 40.1 Å². The number of aliphatic hydroxyl groups excluding tert-OH is 6. The molecule has 0 aromatic rings. The highest BCUT2D eigenvalue weighted by atomic mass is 16.7. The van der Waals surface area contributed by atoms with E-state index in [2.05, 4.69) is 0 Å². The molecule has 2 rings (SSSR count). The molecule has 0 spiro atoms. The van der Waals surface area contributed by atoms with E-state index in [4.69, 9.17) is 31.8 Å². The molecule has 1 saturated carbocycles. The molecule has 142 valence electrons. The Kier molecular flexibility index (Phi) is 6.50. The largest absolute Gasteiger partial charge is 0.394 e. The molecule has 12 N–H and O–H groups in total. The second-order valence-electron chi connectivity index (χ2n) is 6.42. The lowest BCUT2D eigenvalue weighted by atomic mass is 9.84. The third kappa shape index (κ3) is 3.71. The zero-order chi connectivity index (χ0) is 18.2. The average molecular weight is 353 g/mol. The van der Waals surface area contributed by atoms with Crippen LogP contribution in [0, 0.1) is 0 Å². The first-order valence-corrected chi connectivity index (χ1v) is 7.77. The van der Waals surface area contributed by atoms with Gasteiger partial charge in [-0.3, -0.25) is 0 Å². The number of hydrogen-bond donors (Lipinski definition) is 9. The Morgan fingerprint density at radius 3 is 2.17 bits per heavy atom. The zero-order valence-electron chi connectivity index (χ0n) is 13.0. The first kappa shape index (κ1) is 19.9. The molecule has 0 radical (unpaired) electrons. The molecule has 2 fully saturated rings. The standard InChI is InChI=1S/C13H27N3O8/c14-3-1-4(15)11(9(21)7(3)19)23-13-6(16)8(20)10(22)12(24-13)5(18)2-17/h3-13,17-22H,1-2,14-16H2/t3-,4?,5+,6?,7?,8?,9?,10+,11-,12?,13+/m1/s1. The molecular weight excluding hydrogens is 326 g/mol. The summed E-state index contributed by atoms with van der Waals surface area (Å²) in [7, 11) is 0. The van der Waals surface area contributed by atoms with Gasteiger partial charge in [-0.15, -0.1) is 0 Å². The third-order valence-corrected chi connectivity index (χ3v) is 4.64. The van der Waals surface area contributed by atoms with Gasteiger partial charge in [-0.25, -0.2) is 0 Å². The van der Waals surface area contributed by atoms with Crippen LogP contribution in [0.1, 0.15) is 6.42 Å². The monoisotopic (exact) mass is 353 g/mol. The molecule has 0 amide bonds. The predicted octanol–water partition coefficient (Wildman–Crippen LogP) is -5.72. The lowest BCUT2D eigenvalue weighted by Crippen LogP contribution is -2.68. The van der Waals surface area contributed by atoms with Gasteiger partial charge in [0, 0.05) is 12.1 Å². The molecule has 1 aliphatic carbocycles. The highest BCUT2D eigenvalue weighted by molar-refractivity contribution is 5.00. The molecular formula is C13H27N3O8. The minimum Gasteiger partial charge on any atom is -0.394 e. The summed E-state index contributed by atoms with van der Waals surface area (Å²) < 4.78 is 10.9. The normalized spacial score (nSPS) is 51.4. The average Bonchev–Trinajstić information content (AvgIpc) is 2.55. The van der Waals surface area contributed by atoms with Gasteiger partial charge in [-0.1, -0.05) is 0 Å². The molecule has 11 heteroatoms. The summed E-state index contributed by atoms with van der Waals surface area (Å²) in [6.07, 6.45) is -10.7. The number of ether oxygens (including phenoxy) is 2. The van der Waals surface area contributed by atoms with Crippen LogP contribution >= 0.6 is 0 Å². The molecule has 11 nitrogen and oxygen atoms in total. The lowest BCUT2D eigenvalue weighted by molar-refractivity contribution is -0.303. The molecule has 11 atom stereocenters. The quantitative estimate of drug-likeness (QED) is 0.232. The minimum absolute atomic E-state index is 0.179. The second kappa shape index (κ2) is 7.85. The molecule has 1 aliphatic heterocycles. The number of aliphatic hydroxyl groups is 6. The van der Waals surface area contributed by atoms with Gasteiger partial charge in [-0.05, 0) is 6.42 Å². The SMILES string of the molecule is NC1C(O)[C@H](O)C([C@@H](O)CO)O[C@@H]1O[C@@H]1C(N)C[C@@H](N)C(O)C1O. The van der Waals surface area contributed by atoms with Crippen molar-refractivity contribution in [2.45, 2.75) is 73.6 Å². The van der Waals surface area contributed by atoms with Crippen LogP contribution in [-0.4, -0.2) is 104 Å². The first-order chi connectivity index (χ1) is 11.2. The zero-order valence-corrected chi connectivity index (χ0v) is 13.0. The van der Waals surface area contributed by atoms with Gasteiger partial charge in [0.1, 0.15) is 36.6 Å². The molecule has 0 aromatic heterocycles. The van der Waals surface area contributed by atoms with E-state index >= 15 is 0 Å². The lowest BCUT2D eigenvalue weighted by Gasteiger charge is -2.46. The Morgan fingerprint density at radius 2 is 1.58 bits per heavy atom. The fourth-order valence-electron chi connectivity index (χ4n) is 3.08. The van der Waals surface area contributed by atoms with Gasteiger partial charge in [0.2, 0.25) is 0 Å². The van der Waals surface area contributed by atoms with Crippen molar-refractivity contribution in [1.82, 2.24) is 0 Å². The molecule has 1 saturated heterocycles. The number of hydrogen-bond acceptors (Lipinski definition) is 11. The highest BCUT2D eigenvalue weighted by Crippen LogP contribution is 2.28. The summed E-state index contributed by atoms with van der Waals surface area (Å²) in [6.45, 7) is -0.713. The Morgan fingerprint density at radius 1 is 0.958 bits per heavy atom. The van der Waals surface area contributed by atoms with E-state index in [1.807, 2.05) is 0 Å². The van der Waals surface area contributed by atoms with Crippen LogP contribution in [-0.2, 0) is 9.47 Å². The molecule has 24 heavy (non-hydrogen) atoms. The maximum absolute atomic E-state index is 10.1. The van der Waals surface area contributed by atoms with Crippen molar-refractivity contribution in [3.63, 3.8) is 0 Å². The van der Waals surface area contributed by atoms with Crippen molar-refractivity contribution in [2.24, 2.45) is 17.2 Å². The molecule has 2 aliphatic rings. The van der Waals surface area contributed by atoms with Crippen LogP contribution in [0.3, 0.4) is 0 Å².